The molecule has 4 aromatic rings. The Morgan fingerprint density at radius 3 is 2.33 bits per heavy atom. The zero-order chi connectivity index (χ0) is 34.3. The van der Waals surface area contributed by atoms with E-state index in [0.717, 1.165) is 47.8 Å². The number of carbonyl (C=O) groups is 1. The maximum absolute atomic E-state index is 16.9. The van der Waals surface area contributed by atoms with Crippen molar-refractivity contribution in [2.24, 2.45) is 5.73 Å². The van der Waals surface area contributed by atoms with Crippen molar-refractivity contribution < 1.29 is 27.6 Å². The third-order valence-corrected chi connectivity index (χ3v) is 11.6. The molecule has 0 aromatic heterocycles. The zero-order valence-corrected chi connectivity index (χ0v) is 28.8. The third kappa shape index (κ3) is 6.99. The number of rotatable bonds is 10. The van der Waals surface area contributed by atoms with Crippen molar-refractivity contribution in [2.45, 2.75) is 92.5 Å². The Morgan fingerprint density at radius 1 is 0.959 bits per heavy atom. The minimum absolute atomic E-state index is 0.0889. The van der Waals surface area contributed by atoms with E-state index in [2.05, 4.69) is 4.72 Å². The molecule has 4 aromatic carbocycles. The maximum atomic E-state index is 16.9. The van der Waals surface area contributed by atoms with Crippen molar-refractivity contribution in [3.8, 4) is 22.6 Å². The number of ether oxygens (including phenoxy) is 2. The lowest BCUT2D eigenvalue weighted by Gasteiger charge is -2.40. The highest BCUT2D eigenvalue weighted by Crippen LogP contribution is 2.42. The SMILES string of the molecule is COc1cc(C(F)(F)C(N[S+]([O-])c2ccc3cc(OC4CCCC4)ccc3c2)C(=O)N2C3CCC2CC(N)C3)ccc1-c1ccc(Cl)cc1. The van der Waals surface area contributed by atoms with E-state index in [0.29, 0.717) is 36.3 Å². The number of hydrogen-bond donors (Lipinski definition) is 2. The van der Waals surface area contributed by atoms with Crippen LogP contribution in [0.3, 0.4) is 0 Å². The maximum Gasteiger partial charge on any atom is 0.301 e. The van der Waals surface area contributed by atoms with E-state index in [-0.39, 0.29) is 34.9 Å². The molecule has 1 aliphatic carbocycles. The largest absolute Gasteiger partial charge is 0.593 e. The summed E-state index contributed by atoms with van der Waals surface area (Å²) in [6, 6.07) is 19.2. The van der Waals surface area contributed by atoms with Gasteiger partial charge in [-0.25, -0.2) is 0 Å². The van der Waals surface area contributed by atoms with E-state index < -0.39 is 34.8 Å². The monoisotopic (exact) mass is 707 g/mol. The van der Waals surface area contributed by atoms with Crippen LogP contribution in [0.1, 0.15) is 56.9 Å². The first-order valence-electron chi connectivity index (χ1n) is 16.9. The van der Waals surface area contributed by atoms with Gasteiger partial charge in [-0.1, -0.05) is 41.9 Å². The average Bonchev–Trinajstić information content (AvgIpc) is 3.71. The number of hydrogen-bond acceptors (Lipinski definition) is 6. The van der Waals surface area contributed by atoms with Gasteiger partial charge < -0.3 is 24.7 Å². The first-order valence-corrected chi connectivity index (χ1v) is 18.4. The summed E-state index contributed by atoms with van der Waals surface area (Å²) in [4.78, 5) is 16.1. The van der Waals surface area contributed by atoms with Crippen molar-refractivity contribution in [1.82, 2.24) is 9.62 Å². The van der Waals surface area contributed by atoms with Gasteiger partial charge in [0.25, 0.3) is 5.91 Å². The van der Waals surface area contributed by atoms with Crippen molar-refractivity contribution in [3.63, 3.8) is 0 Å². The highest BCUT2D eigenvalue weighted by molar-refractivity contribution is 7.89. The average molecular weight is 708 g/mol. The van der Waals surface area contributed by atoms with Crippen LogP contribution in [-0.4, -0.2) is 52.7 Å². The summed E-state index contributed by atoms with van der Waals surface area (Å²) in [5.41, 5.74) is 7.14. The highest BCUT2D eigenvalue weighted by Gasteiger charge is 2.54. The Balaban J connectivity index is 1.19. The Morgan fingerprint density at radius 2 is 1.63 bits per heavy atom. The van der Waals surface area contributed by atoms with Crippen molar-refractivity contribution in [2.75, 3.05) is 7.11 Å². The number of alkyl halides is 2. The Kier molecular flexibility index (Phi) is 9.78. The van der Waals surface area contributed by atoms with Crippen molar-refractivity contribution in [1.29, 1.82) is 0 Å². The topological polar surface area (TPSA) is 99.9 Å². The minimum Gasteiger partial charge on any atom is -0.593 e. The van der Waals surface area contributed by atoms with Crippen LogP contribution in [0.2, 0.25) is 5.02 Å². The van der Waals surface area contributed by atoms with Gasteiger partial charge in [-0.3, -0.25) is 4.79 Å². The molecule has 0 spiro atoms. The van der Waals surface area contributed by atoms with Crippen LogP contribution in [0.4, 0.5) is 8.78 Å². The van der Waals surface area contributed by atoms with E-state index in [4.69, 9.17) is 26.8 Å². The molecule has 4 unspecified atom stereocenters. The lowest BCUT2D eigenvalue weighted by molar-refractivity contribution is -0.149. The highest BCUT2D eigenvalue weighted by atomic mass is 35.5. The van der Waals surface area contributed by atoms with Gasteiger partial charge in [0.2, 0.25) is 0 Å². The molecular formula is C38H40ClF2N3O4S. The second-order valence-electron chi connectivity index (χ2n) is 13.4. The fraction of sp³-hybridized carbons (Fsp3) is 0.395. The summed E-state index contributed by atoms with van der Waals surface area (Å²) in [6.07, 6.45) is 7.11. The molecule has 7 nitrogen and oxygen atoms in total. The van der Waals surface area contributed by atoms with E-state index in [1.165, 1.54) is 19.2 Å². The van der Waals surface area contributed by atoms with E-state index >= 15 is 8.78 Å². The molecule has 2 heterocycles. The summed E-state index contributed by atoms with van der Waals surface area (Å²) >= 11 is 3.90. The Hall–Kier alpha value is -3.41. The fourth-order valence-electron chi connectivity index (χ4n) is 7.70. The molecule has 49 heavy (non-hydrogen) atoms. The Bertz CT molecular complexity index is 1810. The molecule has 2 bridgehead atoms. The molecule has 3 N–H and O–H groups in total. The minimum atomic E-state index is -3.76. The van der Waals surface area contributed by atoms with E-state index in [1.54, 1.807) is 53.4 Å². The lowest BCUT2D eigenvalue weighted by Crippen LogP contribution is -2.60. The molecule has 3 fully saturated rings. The molecule has 1 saturated carbocycles. The Labute approximate surface area is 293 Å². The normalized spacial score (nSPS) is 22.3. The van der Waals surface area contributed by atoms with Gasteiger partial charge in [0.1, 0.15) is 11.5 Å². The predicted molar refractivity (Wildman–Crippen MR) is 188 cm³/mol. The molecule has 11 heteroatoms. The van der Waals surface area contributed by atoms with Gasteiger partial charge in [0.05, 0.1) is 24.6 Å². The molecule has 2 aliphatic heterocycles. The van der Waals surface area contributed by atoms with E-state index in [1.807, 2.05) is 18.2 Å². The van der Waals surface area contributed by atoms with E-state index in [9.17, 15) is 9.35 Å². The van der Waals surface area contributed by atoms with Gasteiger partial charge in [-0.15, -0.1) is 4.72 Å². The number of amides is 1. The smallest absolute Gasteiger partial charge is 0.301 e. The number of piperidine rings is 1. The number of benzene rings is 4. The second-order valence-corrected chi connectivity index (χ2v) is 15.1. The van der Waals surface area contributed by atoms with Crippen LogP contribution < -0.4 is 19.9 Å². The molecule has 3 aliphatic rings. The third-order valence-electron chi connectivity index (χ3n) is 10.2. The zero-order valence-electron chi connectivity index (χ0n) is 27.2. The van der Waals surface area contributed by atoms with Crippen LogP contribution in [-0.2, 0) is 22.1 Å². The number of methoxy groups -OCH3 is 1. The number of halogens is 3. The molecule has 0 radical (unpaired) electrons. The predicted octanol–water partition coefficient (Wildman–Crippen LogP) is 7.74. The second kappa shape index (κ2) is 14.1. The number of nitrogens with one attached hydrogen (secondary N) is 1. The summed E-state index contributed by atoms with van der Waals surface area (Å²) < 4.78 is 61.9. The molecular weight excluding hydrogens is 668 g/mol. The molecule has 7 rings (SSSR count). The first kappa shape index (κ1) is 34.1. The van der Waals surface area contributed by atoms with Crippen LogP contribution in [0.15, 0.2) is 83.8 Å². The number of nitrogens with two attached hydrogens (primary N) is 1. The molecule has 1 amide bonds. The van der Waals surface area contributed by atoms with Crippen LogP contribution in [0.25, 0.3) is 21.9 Å². The molecule has 2 saturated heterocycles. The summed E-state index contributed by atoms with van der Waals surface area (Å²) in [5.74, 6) is -3.57. The summed E-state index contributed by atoms with van der Waals surface area (Å²) in [7, 11) is 1.41. The molecule has 4 atom stereocenters. The summed E-state index contributed by atoms with van der Waals surface area (Å²) in [6.45, 7) is 0. The van der Waals surface area contributed by atoms with Gasteiger partial charge in [0, 0.05) is 40.3 Å². The van der Waals surface area contributed by atoms with Gasteiger partial charge in [0.15, 0.2) is 10.9 Å². The van der Waals surface area contributed by atoms with Crippen LogP contribution in [0, 0.1) is 0 Å². The van der Waals surface area contributed by atoms with Gasteiger partial charge >= 0.3 is 5.92 Å². The van der Waals surface area contributed by atoms with Crippen molar-refractivity contribution in [3.05, 3.63) is 89.4 Å². The number of fused-ring (bicyclic) bond motifs is 3. The summed E-state index contributed by atoms with van der Waals surface area (Å²) in [5, 5.41) is 2.21. The lowest BCUT2D eigenvalue weighted by atomic mass is 9.93. The first-order chi connectivity index (χ1) is 23.6. The number of carbonyl (C=O) groups excluding carboxylic acids is 1. The van der Waals surface area contributed by atoms with Crippen molar-refractivity contribution >= 4 is 39.6 Å². The standard InChI is InChI=1S/C38H40ClF2N3O4S/c1-47-35-20-26(10-17-34(35)23-6-11-27(39)12-7-23)38(40,41)36(37(45)44-29-13-14-30(44)22-28(42)21-29)43-49(46)33-16-9-24-18-32(15-8-25(24)19-33)48-31-4-2-3-5-31/h6-12,15-20,28-31,36,43H,2-5,13-14,21-22,42H2,1H3. The van der Waals surface area contributed by atoms with Gasteiger partial charge in [-0.2, -0.15) is 8.78 Å². The van der Waals surface area contributed by atoms with Crippen LogP contribution >= 0.6 is 11.6 Å². The van der Waals surface area contributed by atoms with Gasteiger partial charge in [-0.05, 0) is 110 Å². The van der Waals surface area contributed by atoms with Crippen LogP contribution in [0.5, 0.6) is 11.5 Å². The quantitative estimate of drug-likeness (QED) is 0.164. The number of nitrogens with zero attached hydrogens (tertiary/aromatic N) is 1. The fourth-order valence-corrected chi connectivity index (χ4v) is 8.86. The molecule has 258 valence electrons.